The van der Waals surface area contributed by atoms with Crippen molar-refractivity contribution in [1.29, 1.82) is 0 Å². The van der Waals surface area contributed by atoms with E-state index in [1.54, 1.807) is 10.9 Å². The Balaban J connectivity index is 1.41. The summed E-state index contributed by atoms with van der Waals surface area (Å²) in [5, 5.41) is 10.8. The molecule has 0 aliphatic rings. The van der Waals surface area contributed by atoms with Gasteiger partial charge in [-0.3, -0.25) is 9.48 Å². The van der Waals surface area contributed by atoms with Crippen LogP contribution in [0.5, 0.6) is 11.5 Å². The molecule has 0 fully saturated rings. The van der Waals surface area contributed by atoms with Gasteiger partial charge in [0.1, 0.15) is 13.2 Å². The lowest BCUT2D eigenvalue weighted by atomic mass is 10.1. The van der Waals surface area contributed by atoms with Gasteiger partial charge in [0.05, 0.1) is 28.7 Å². The van der Waals surface area contributed by atoms with Gasteiger partial charge >= 0.3 is 0 Å². The minimum absolute atomic E-state index is 0.0841. The maximum atomic E-state index is 12.3. The highest BCUT2D eigenvalue weighted by molar-refractivity contribution is 9.10. The fraction of sp³-hybridized carbons (Fsp3) is 0.222. The van der Waals surface area contributed by atoms with Gasteiger partial charge in [0, 0.05) is 0 Å². The molecule has 1 amide bonds. The summed E-state index contributed by atoms with van der Waals surface area (Å²) in [7, 11) is 0. The number of carbonyl (C=O) groups is 1. The number of nitrogens with zero attached hydrogens (tertiary/aromatic N) is 3. The monoisotopic (exact) mass is 534 g/mol. The summed E-state index contributed by atoms with van der Waals surface area (Å²) >= 11 is 3.47. The van der Waals surface area contributed by atoms with Gasteiger partial charge in [-0.15, -0.1) is 0 Å². The van der Waals surface area contributed by atoms with E-state index >= 15 is 0 Å². The van der Waals surface area contributed by atoms with E-state index in [0.29, 0.717) is 24.7 Å². The first kappa shape index (κ1) is 24.5. The predicted octanol–water partition coefficient (Wildman–Crippen LogP) is 5.54. The van der Waals surface area contributed by atoms with E-state index in [1.165, 1.54) is 10.8 Å². The van der Waals surface area contributed by atoms with Crippen LogP contribution in [0.4, 0.5) is 0 Å². The number of aryl methyl sites for hydroxylation is 1. The number of aromatic nitrogens is 2. The highest BCUT2D eigenvalue weighted by atomic mass is 79.9. The Morgan fingerprint density at radius 1 is 1.09 bits per heavy atom. The van der Waals surface area contributed by atoms with Gasteiger partial charge in [-0.05, 0) is 76.8 Å². The van der Waals surface area contributed by atoms with Crippen LogP contribution in [0.3, 0.4) is 0 Å². The molecule has 0 unspecified atom stereocenters. The summed E-state index contributed by atoms with van der Waals surface area (Å²) in [5.74, 6) is 1.01. The molecule has 4 rings (SSSR count). The summed E-state index contributed by atoms with van der Waals surface area (Å²) in [6.45, 7) is 6.72. The Hall–Kier alpha value is -3.65. The quantitative estimate of drug-likeness (QED) is 0.226. The number of carbonyl (C=O) groups excluding carboxylic acids is 1. The first-order chi connectivity index (χ1) is 17.0. The predicted molar refractivity (Wildman–Crippen MR) is 141 cm³/mol. The van der Waals surface area contributed by atoms with E-state index in [4.69, 9.17) is 9.47 Å². The molecule has 1 heterocycles. The lowest BCUT2D eigenvalue weighted by molar-refractivity contribution is -0.121. The normalized spacial score (nSPS) is 11.2. The molecule has 0 aliphatic heterocycles. The van der Waals surface area contributed by atoms with Crippen molar-refractivity contribution in [2.75, 3.05) is 6.61 Å². The van der Waals surface area contributed by atoms with Crippen LogP contribution in [-0.2, 0) is 17.9 Å². The largest absolute Gasteiger partial charge is 0.490 e. The van der Waals surface area contributed by atoms with Gasteiger partial charge in [0.25, 0.3) is 5.91 Å². The number of hydrogen-bond donors (Lipinski definition) is 1. The van der Waals surface area contributed by atoms with Crippen LogP contribution in [0, 0.1) is 13.8 Å². The number of fused-ring (bicyclic) bond motifs is 1. The zero-order valence-electron chi connectivity index (χ0n) is 19.9. The summed E-state index contributed by atoms with van der Waals surface area (Å²) < 4.78 is 14.5. The van der Waals surface area contributed by atoms with E-state index in [9.17, 15) is 4.79 Å². The van der Waals surface area contributed by atoms with Crippen LogP contribution < -0.4 is 14.9 Å². The molecular formula is C27H27BrN4O3. The fourth-order valence-corrected chi connectivity index (χ4v) is 4.03. The molecule has 1 N–H and O–H groups in total. The third-order valence-corrected chi connectivity index (χ3v) is 6.67. The molecule has 1 aromatic heterocycles. The summed E-state index contributed by atoms with van der Waals surface area (Å²) in [6, 6.07) is 20.0. The van der Waals surface area contributed by atoms with Crippen LogP contribution in [-0.4, -0.2) is 28.5 Å². The number of hydrogen-bond acceptors (Lipinski definition) is 5. The second kappa shape index (κ2) is 11.2. The van der Waals surface area contributed by atoms with E-state index < -0.39 is 0 Å². The van der Waals surface area contributed by atoms with Gasteiger partial charge in [0.15, 0.2) is 11.5 Å². The van der Waals surface area contributed by atoms with Crippen LogP contribution in [0.15, 0.2) is 70.2 Å². The molecule has 7 nitrogen and oxygen atoms in total. The molecule has 0 saturated heterocycles. The number of rotatable bonds is 9. The van der Waals surface area contributed by atoms with Gasteiger partial charge < -0.3 is 9.47 Å². The van der Waals surface area contributed by atoms with Crippen molar-refractivity contribution in [3.05, 3.63) is 87.7 Å². The Kier molecular flexibility index (Phi) is 7.82. The molecule has 0 atom stereocenters. The van der Waals surface area contributed by atoms with Crippen molar-refractivity contribution < 1.29 is 14.3 Å². The van der Waals surface area contributed by atoms with E-state index in [1.807, 2.05) is 57.2 Å². The third-order valence-electron chi connectivity index (χ3n) is 5.52. The molecule has 0 aliphatic carbocycles. The lowest BCUT2D eigenvalue weighted by Crippen LogP contribution is -2.24. The first-order valence-corrected chi connectivity index (χ1v) is 12.1. The van der Waals surface area contributed by atoms with E-state index in [-0.39, 0.29) is 12.5 Å². The first-order valence-electron chi connectivity index (χ1n) is 11.3. The van der Waals surface area contributed by atoms with Crippen molar-refractivity contribution in [2.24, 2.45) is 5.10 Å². The molecule has 8 heteroatoms. The summed E-state index contributed by atoms with van der Waals surface area (Å²) in [5.41, 5.74) is 6.16. The summed E-state index contributed by atoms with van der Waals surface area (Å²) in [6.07, 6.45) is 1.58. The molecular weight excluding hydrogens is 508 g/mol. The van der Waals surface area contributed by atoms with Crippen LogP contribution in [0.2, 0.25) is 0 Å². The molecule has 0 radical (unpaired) electrons. The second-order valence-corrected chi connectivity index (χ2v) is 8.79. The Bertz CT molecular complexity index is 1380. The van der Waals surface area contributed by atoms with Crippen molar-refractivity contribution in [3.63, 3.8) is 0 Å². The van der Waals surface area contributed by atoms with Crippen molar-refractivity contribution >= 4 is 38.8 Å². The number of hydrazone groups is 1. The standard InChI is InChI=1S/C27H27BrN4O3/c1-4-34-25-14-20(15-29-30-26(33)16-32-19(3)27(28)18(2)31-32)12-13-24(25)35-17-22-10-7-9-21-8-5-6-11-23(21)22/h5-15H,4,16-17H2,1-3H3,(H,30,33)/b29-15+. The maximum Gasteiger partial charge on any atom is 0.261 e. The van der Waals surface area contributed by atoms with Crippen LogP contribution in [0.25, 0.3) is 10.8 Å². The van der Waals surface area contributed by atoms with Crippen molar-refractivity contribution in [3.8, 4) is 11.5 Å². The topological polar surface area (TPSA) is 77.7 Å². The zero-order valence-corrected chi connectivity index (χ0v) is 21.5. The van der Waals surface area contributed by atoms with Crippen LogP contribution in [0.1, 0.15) is 29.4 Å². The zero-order chi connectivity index (χ0) is 24.8. The molecule has 35 heavy (non-hydrogen) atoms. The second-order valence-electron chi connectivity index (χ2n) is 8.00. The Morgan fingerprint density at radius 2 is 1.89 bits per heavy atom. The number of ether oxygens (including phenoxy) is 2. The van der Waals surface area contributed by atoms with Gasteiger partial charge in [-0.25, -0.2) is 5.43 Å². The Labute approximate surface area is 212 Å². The van der Waals surface area contributed by atoms with Gasteiger partial charge in [0.2, 0.25) is 0 Å². The fourth-order valence-electron chi connectivity index (χ4n) is 3.75. The smallest absolute Gasteiger partial charge is 0.261 e. The van der Waals surface area contributed by atoms with Crippen molar-refractivity contribution in [2.45, 2.75) is 33.9 Å². The average molecular weight is 535 g/mol. The number of amides is 1. The molecule has 3 aromatic carbocycles. The molecule has 0 bridgehead atoms. The van der Waals surface area contributed by atoms with Crippen molar-refractivity contribution in [1.82, 2.24) is 15.2 Å². The average Bonchev–Trinajstić information content (AvgIpc) is 3.10. The SMILES string of the molecule is CCOc1cc(/C=N/NC(=O)Cn2nc(C)c(Br)c2C)ccc1OCc1cccc2ccccc12. The summed E-state index contributed by atoms with van der Waals surface area (Å²) in [4.78, 5) is 12.3. The van der Waals surface area contributed by atoms with Crippen LogP contribution >= 0.6 is 15.9 Å². The maximum absolute atomic E-state index is 12.3. The highest BCUT2D eigenvalue weighted by Gasteiger charge is 2.12. The van der Waals surface area contributed by atoms with Gasteiger partial charge in [-0.2, -0.15) is 10.2 Å². The molecule has 4 aromatic rings. The van der Waals surface area contributed by atoms with Gasteiger partial charge in [-0.1, -0.05) is 42.5 Å². The number of halogens is 1. The molecule has 0 spiro atoms. The number of benzene rings is 3. The Morgan fingerprint density at radius 3 is 2.66 bits per heavy atom. The van der Waals surface area contributed by atoms with E-state index in [0.717, 1.165) is 27.0 Å². The highest BCUT2D eigenvalue weighted by Crippen LogP contribution is 2.30. The molecule has 180 valence electrons. The molecule has 0 saturated carbocycles. The minimum Gasteiger partial charge on any atom is -0.490 e. The number of nitrogens with one attached hydrogen (secondary N) is 1. The minimum atomic E-state index is -0.264. The van der Waals surface area contributed by atoms with E-state index in [2.05, 4.69) is 55.8 Å². The lowest BCUT2D eigenvalue weighted by Gasteiger charge is -2.13. The third kappa shape index (κ3) is 5.89.